The zero-order chi connectivity index (χ0) is 24.2. The zero-order valence-corrected chi connectivity index (χ0v) is 19.8. The smallest absolute Gasteiger partial charge is 0.336 e. The molecule has 33 heavy (non-hydrogen) atoms. The number of amides is 1. The van der Waals surface area contributed by atoms with Crippen LogP contribution in [0.4, 0.5) is 0 Å². The number of nitrogens with one attached hydrogen (secondary N) is 1. The molecule has 0 saturated heterocycles. The Morgan fingerprint density at radius 3 is 2.67 bits per heavy atom. The molecule has 1 aromatic carbocycles. The highest BCUT2D eigenvalue weighted by Gasteiger charge is 2.45. The lowest BCUT2D eigenvalue weighted by Crippen LogP contribution is -2.44. The second-order valence-corrected chi connectivity index (χ2v) is 9.48. The molecule has 1 amide bonds. The normalized spacial score (nSPS) is 22.7. The van der Waals surface area contributed by atoms with Crippen LogP contribution in [-0.4, -0.2) is 30.1 Å². The van der Waals surface area contributed by atoms with Gasteiger partial charge in [0.1, 0.15) is 17.9 Å². The highest BCUT2D eigenvalue weighted by atomic mass is 16.5. The van der Waals surface area contributed by atoms with Crippen LogP contribution in [0, 0.1) is 17.3 Å². The number of rotatable bonds is 8. The van der Waals surface area contributed by atoms with Crippen LogP contribution < -0.4 is 15.7 Å². The van der Waals surface area contributed by atoms with Crippen molar-refractivity contribution < 1.29 is 23.8 Å². The fourth-order valence-electron chi connectivity index (χ4n) is 4.87. The average Bonchev–Trinajstić information content (AvgIpc) is 2.76. The first kappa shape index (κ1) is 24.6. The lowest BCUT2D eigenvalue weighted by atomic mass is 9.58. The molecule has 1 aliphatic carbocycles. The third-order valence-corrected chi connectivity index (χ3v) is 7.07. The van der Waals surface area contributed by atoms with E-state index in [2.05, 4.69) is 33.0 Å². The highest BCUT2D eigenvalue weighted by Crippen LogP contribution is 2.51. The van der Waals surface area contributed by atoms with Crippen molar-refractivity contribution >= 4 is 22.8 Å². The Morgan fingerprint density at radius 2 is 1.97 bits per heavy atom. The van der Waals surface area contributed by atoms with E-state index in [-0.39, 0.29) is 30.2 Å². The predicted molar refractivity (Wildman–Crippen MR) is 126 cm³/mol. The van der Waals surface area contributed by atoms with Crippen LogP contribution in [0.2, 0.25) is 0 Å². The molecule has 3 atom stereocenters. The van der Waals surface area contributed by atoms with Gasteiger partial charge in [-0.2, -0.15) is 0 Å². The van der Waals surface area contributed by atoms with Gasteiger partial charge in [0.2, 0.25) is 5.91 Å². The van der Waals surface area contributed by atoms with Crippen LogP contribution in [0.15, 0.2) is 50.7 Å². The molecule has 1 saturated carbocycles. The van der Waals surface area contributed by atoms with E-state index in [1.807, 2.05) is 12.1 Å². The maximum Gasteiger partial charge on any atom is 0.336 e. The molecule has 2 N–H and O–H groups in total. The molecule has 2 aromatic rings. The number of allylic oxidation sites excluding steroid dienone is 2. The number of aliphatic carboxylic acids is 1. The molecule has 3 rings (SSSR count). The average molecular weight is 456 g/mol. The number of ether oxygens (including phenoxy) is 1. The van der Waals surface area contributed by atoms with Crippen molar-refractivity contribution in [3.05, 3.63) is 51.9 Å². The number of benzene rings is 1. The molecule has 1 heterocycles. The Labute approximate surface area is 193 Å². The maximum atomic E-state index is 12.2. The Balaban J connectivity index is 1.80. The zero-order valence-electron chi connectivity index (χ0n) is 19.8. The number of carboxylic acids is 1. The second-order valence-electron chi connectivity index (χ2n) is 9.48. The van der Waals surface area contributed by atoms with Gasteiger partial charge in [-0.1, -0.05) is 25.0 Å². The van der Waals surface area contributed by atoms with Gasteiger partial charge in [0.05, 0.1) is 6.61 Å². The number of carbonyl (C=O) groups is 2. The third kappa shape index (κ3) is 5.83. The van der Waals surface area contributed by atoms with E-state index in [9.17, 15) is 14.4 Å². The largest absolute Gasteiger partial charge is 0.493 e. The fourth-order valence-corrected chi connectivity index (χ4v) is 4.87. The van der Waals surface area contributed by atoms with E-state index in [4.69, 9.17) is 14.3 Å². The minimum Gasteiger partial charge on any atom is -0.493 e. The Morgan fingerprint density at radius 1 is 1.24 bits per heavy atom. The Hall–Kier alpha value is -3.09. The minimum absolute atomic E-state index is 0.139. The second kappa shape index (κ2) is 10.2. The van der Waals surface area contributed by atoms with Crippen molar-refractivity contribution in [2.75, 3.05) is 13.2 Å². The quantitative estimate of drug-likeness (QED) is 0.447. The summed E-state index contributed by atoms with van der Waals surface area (Å²) in [6.07, 6.45) is 2.91. The Bertz CT molecular complexity index is 1110. The molecule has 1 aliphatic rings. The van der Waals surface area contributed by atoms with Gasteiger partial charge in [-0.05, 0) is 63.1 Å². The van der Waals surface area contributed by atoms with Gasteiger partial charge in [0, 0.05) is 29.4 Å². The summed E-state index contributed by atoms with van der Waals surface area (Å²) in [7, 11) is 0. The van der Waals surface area contributed by atoms with Crippen molar-refractivity contribution in [3.8, 4) is 5.75 Å². The lowest BCUT2D eigenvalue weighted by molar-refractivity contribution is -0.138. The van der Waals surface area contributed by atoms with Crippen molar-refractivity contribution in [3.63, 3.8) is 0 Å². The summed E-state index contributed by atoms with van der Waals surface area (Å²) in [5.74, 6) is -0.167. The molecule has 0 bridgehead atoms. The number of carboxylic acid groups (broad SMARTS) is 1. The summed E-state index contributed by atoms with van der Waals surface area (Å²) >= 11 is 0. The highest BCUT2D eigenvalue weighted by molar-refractivity contribution is 5.81. The summed E-state index contributed by atoms with van der Waals surface area (Å²) in [4.78, 5) is 34.6. The van der Waals surface area contributed by atoms with E-state index in [1.54, 1.807) is 12.1 Å². The van der Waals surface area contributed by atoms with E-state index in [0.717, 1.165) is 18.2 Å². The third-order valence-electron chi connectivity index (χ3n) is 7.07. The minimum atomic E-state index is -1.05. The van der Waals surface area contributed by atoms with Gasteiger partial charge in [-0.3, -0.25) is 9.59 Å². The fraction of sp³-hybridized carbons (Fsp3) is 0.500. The van der Waals surface area contributed by atoms with E-state index in [1.165, 1.54) is 17.2 Å². The summed E-state index contributed by atoms with van der Waals surface area (Å²) < 4.78 is 11.5. The molecule has 178 valence electrons. The molecule has 0 spiro atoms. The molecule has 1 aromatic heterocycles. The molecule has 7 heteroatoms. The molecule has 0 unspecified atom stereocenters. The van der Waals surface area contributed by atoms with Crippen LogP contribution in [0.5, 0.6) is 5.75 Å². The van der Waals surface area contributed by atoms with Gasteiger partial charge >= 0.3 is 11.6 Å². The van der Waals surface area contributed by atoms with Crippen LogP contribution in [0.3, 0.4) is 0 Å². The van der Waals surface area contributed by atoms with Crippen LogP contribution in [0.1, 0.15) is 53.4 Å². The topological polar surface area (TPSA) is 106 Å². The van der Waals surface area contributed by atoms with E-state index < -0.39 is 11.6 Å². The molecular weight excluding hydrogens is 422 g/mol. The number of hydrogen-bond donors (Lipinski definition) is 2. The predicted octanol–water partition coefficient (Wildman–Crippen LogP) is 4.54. The van der Waals surface area contributed by atoms with Gasteiger partial charge in [-0.25, -0.2) is 4.79 Å². The van der Waals surface area contributed by atoms with Gasteiger partial charge in [0.25, 0.3) is 0 Å². The summed E-state index contributed by atoms with van der Waals surface area (Å²) in [5, 5.41) is 12.1. The van der Waals surface area contributed by atoms with E-state index >= 15 is 0 Å². The molecule has 0 radical (unpaired) electrons. The first-order chi connectivity index (χ1) is 15.6. The monoisotopic (exact) mass is 455 g/mol. The molecule has 0 aliphatic heterocycles. The van der Waals surface area contributed by atoms with Crippen LogP contribution in [0.25, 0.3) is 11.0 Å². The van der Waals surface area contributed by atoms with Crippen molar-refractivity contribution in [1.29, 1.82) is 0 Å². The summed E-state index contributed by atoms with van der Waals surface area (Å²) in [6, 6.07) is 8.60. The van der Waals surface area contributed by atoms with Crippen LogP contribution in [-0.2, 0) is 9.59 Å². The number of carbonyl (C=O) groups excluding carboxylic acids is 1. The van der Waals surface area contributed by atoms with E-state index in [0.29, 0.717) is 30.3 Å². The summed E-state index contributed by atoms with van der Waals surface area (Å²) in [6.45, 7) is 8.73. The first-order valence-corrected chi connectivity index (χ1v) is 11.4. The number of fused-ring (bicyclic) bond motifs is 1. The maximum absolute atomic E-state index is 12.2. The SMILES string of the molecule is CC(C)=C1CC[C@H](C)[C@](C)(COc2ccc3ccc(=O)oc3c2)[C@H]1CCC(=O)NCC(=O)O. The van der Waals surface area contributed by atoms with Crippen molar-refractivity contribution in [2.45, 2.75) is 53.4 Å². The standard InChI is InChI=1S/C26H33NO6/c1-16(2)20-9-5-17(3)26(4,21(20)10-11-23(28)27-14-24(29)30)15-32-19-8-6-18-7-12-25(31)33-22(18)13-19/h6-8,12-13,17,21H,5,9-11,14-15H2,1-4H3,(H,27,28)(H,29,30)/t17-,21-,26-/m0/s1. The lowest BCUT2D eigenvalue weighted by Gasteiger charge is -2.48. The molecule has 7 nitrogen and oxygen atoms in total. The van der Waals surface area contributed by atoms with Gasteiger partial charge in [0.15, 0.2) is 0 Å². The Kier molecular flexibility index (Phi) is 7.61. The molecule has 1 fully saturated rings. The van der Waals surface area contributed by atoms with Crippen molar-refractivity contribution in [1.82, 2.24) is 5.32 Å². The van der Waals surface area contributed by atoms with Crippen molar-refractivity contribution in [2.24, 2.45) is 17.3 Å². The van der Waals surface area contributed by atoms with Gasteiger partial charge in [-0.15, -0.1) is 0 Å². The number of hydrogen-bond acceptors (Lipinski definition) is 5. The van der Waals surface area contributed by atoms with Crippen LogP contribution >= 0.6 is 0 Å². The first-order valence-electron chi connectivity index (χ1n) is 11.4. The summed E-state index contributed by atoms with van der Waals surface area (Å²) in [5.41, 5.74) is 2.48. The molecular formula is C26H33NO6. The van der Waals surface area contributed by atoms with Gasteiger partial charge < -0.3 is 19.6 Å².